The van der Waals surface area contributed by atoms with Gasteiger partial charge in [-0.2, -0.15) is 0 Å². The van der Waals surface area contributed by atoms with E-state index in [1.165, 1.54) is 0 Å². The molecule has 0 aliphatic carbocycles. The largest absolute Gasteiger partial charge is 0.400 e. The van der Waals surface area contributed by atoms with Crippen LogP contribution < -0.4 is 0 Å². The van der Waals surface area contributed by atoms with E-state index in [0.29, 0.717) is 6.42 Å². The summed E-state index contributed by atoms with van der Waals surface area (Å²) in [5.74, 6) is 0. The van der Waals surface area contributed by atoms with Crippen LogP contribution in [-0.4, -0.2) is 41.4 Å². The lowest BCUT2D eigenvalue weighted by atomic mass is 10.2. The highest BCUT2D eigenvalue weighted by Crippen LogP contribution is 2.16. The Kier molecular flexibility index (Phi) is 5.52. The van der Waals surface area contributed by atoms with Crippen LogP contribution >= 0.6 is 0 Å². The van der Waals surface area contributed by atoms with Gasteiger partial charge in [0.2, 0.25) is 0 Å². The Labute approximate surface area is 60.1 Å². The normalized spacial score (nSPS) is 31.2. The predicted octanol–water partition coefficient (Wildman–Crippen LogP) is -0.915. The van der Waals surface area contributed by atoms with E-state index < -0.39 is 6.29 Å². The van der Waals surface area contributed by atoms with Crippen molar-refractivity contribution in [2.24, 2.45) is 0 Å². The lowest BCUT2D eigenvalue weighted by molar-refractivity contribution is -0.101. The summed E-state index contributed by atoms with van der Waals surface area (Å²) in [5.41, 5.74) is 0. The van der Waals surface area contributed by atoms with Gasteiger partial charge in [0.25, 0.3) is 0 Å². The zero-order chi connectivity index (χ0) is 7.98. The molecule has 0 aromatic heterocycles. The van der Waals surface area contributed by atoms with E-state index in [-0.39, 0.29) is 12.7 Å². The van der Waals surface area contributed by atoms with Gasteiger partial charge in [-0.3, -0.25) is 0 Å². The first kappa shape index (κ1) is 9.84. The molecule has 2 unspecified atom stereocenters. The van der Waals surface area contributed by atoms with Crippen LogP contribution in [0.2, 0.25) is 0 Å². The topological polar surface area (TPSA) is 69.9 Å². The second kappa shape index (κ2) is 5.61. The first-order valence-corrected chi connectivity index (χ1v) is 3.22. The Bertz CT molecular complexity index is 76.1. The van der Waals surface area contributed by atoms with Crippen molar-refractivity contribution in [3.63, 3.8) is 0 Å². The molecule has 4 heteroatoms. The first-order chi connectivity index (χ1) is 4.83. The molecule has 1 fully saturated rings. The van der Waals surface area contributed by atoms with Crippen molar-refractivity contribution >= 4 is 0 Å². The van der Waals surface area contributed by atoms with Crippen LogP contribution in [-0.2, 0) is 4.74 Å². The molecule has 0 amide bonds. The van der Waals surface area contributed by atoms with Gasteiger partial charge in [0.1, 0.15) is 0 Å². The highest BCUT2D eigenvalue weighted by Gasteiger charge is 2.21. The summed E-state index contributed by atoms with van der Waals surface area (Å²) in [4.78, 5) is 0. The Morgan fingerprint density at radius 1 is 1.40 bits per heavy atom. The van der Waals surface area contributed by atoms with E-state index in [2.05, 4.69) is 0 Å². The monoisotopic (exact) mass is 150 g/mol. The fourth-order valence-electron chi connectivity index (χ4n) is 0.821. The van der Waals surface area contributed by atoms with Gasteiger partial charge >= 0.3 is 0 Å². The Hall–Kier alpha value is -0.160. The van der Waals surface area contributed by atoms with Crippen molar-refractivity contribution in [3.8, 4) is 0 Å². The molecular formula is C6H14O4. The molecule has 1 rings (SSSR count). The van der Waals surface area contributed by atoms with Gasteiger partial charge in [-0.05, 0) is 6.42 Å². The molecular weight excluding hydrogens is 136 g/mol. The van der Waals surface area contributed by atoms with Crippen LogP contribution in [0.3, 0.4) is 0 Å². The molecule has 2 atom stereocenters. The Balaban J connectivity index is 0.000000371. The standard InChI is InChI=1S/C5H10O3.CH4O/c6-3-4-1-2-5(7)8-4;1-2/h4-7H,1-3H2;2H,1H3. The number of hydrogen-bond acceptors (Lipinski definition) is 4. The van der Waals surface area contributed by atoms with E-state index >= 15 is 0 Å². The summed E-state index contributed by atoms with van der Waals surface area (Å²) in [6.07, 6.45) is 0.681. The molecule has 1 saturated heterocycles. The van der Waals surface area contributed by atoms with E-state index in [1.807, 2.05) is 0 Å². The molecule has 0 spiro atoms. The van der Waals surface area contributed by atoms with Crippen LogP contribution in [0, 0.1) is 0 Å². The summed E-state index contributed by atoms with van der Waals surface area (Å²) in [5, 5.41) is 24.1. The third-order valence-electron chi connectivity index (χ3n) is 1.29. The summed E-state index contributed by atoms with van der Waals surface area (Å²) in [6, 6.07) is 0. The summed E-state index contributed by atoms with van der Waals surface area (Å²) in [7, 11) is 1.00. The second-order valence-corrected chi connectivity index (χ2v) is 1.97. The molecule has 10 heavy (non-hydrogen) atoms. The van der Waals surface area contributed by atoms with Gasteiger partial charge in [0, 0.05) is 13.5 Å². The van der Waals surface area contributed by atoms with E-state index in [0.717, 1.165) is 13.5 Å². The molecule has 0 saturated carbocycles. The number of hydrogen-bond donors (Lipinski definition) is 3. The van der Waals surface area contributed by atoms with Crippen molar-refractivity contribution in [2.75, 3.05) is 13.7 Å². The third kappa shape index (κ3) is 3.12. The molecule has 0 radical (unpaired) electrons. The van der Waals surface area contributed by atoms with E-state index in [9.17, 15) is 0 Å². The Morgan fingerprint density at radius 2 is 2.00 bits per heavy atom. The van der Waals surface area contributed by atoms with Crippen molar-refractivity contribution in [1.29, 1.82) is 0 Å². The van der Waals surface area contributed by atoms with Crippen molar-refractivity contribution in [2.45, 2.75) is 25.2 Å². The van der Waals surface area contributed by atoms with Crippen molar-refractivity contribution in [1.82, 2.24) is 0 Å². The molecule has 62 valence electrons. The fraction of sp³-hybridized carbons (Fsp3) is 1.00. The zero-order valence-electron chi connectivity index (χ0n) is 6.03. The molecule has 0 aromatic carbocycles. The maximum atomic E-state index is 8.70. The first-order valence-electron chi connectivity index (χ1n) is 3.22. The van der Waals surface area contributed by atoms with Gasteiger partial charge in [-0.1, -0.05) is 0 Å². The van der Waals surface area contributed by atoms with Gasteiger partial charge in [-0.15, -0.1) is 0 Å². The van der Waals surface area contributed by atoms with Crippen LogP contribution in [0.5, 0.6) is 0 Å². The number of aliphatic hydroxyl groups is 3. The fourth-order valence-corrected chi connectivity index (χ4v) is 0.821. The van der Waals surface area contributed by atoms with Gasteiger partial charge < -0.3 is 20.1 Å². The number of aliphatic hydroxyl groups excluding tert-OH is 3. The Morgan fingerprint density at radius 3 is 2.20 bits per heavy atom. The molecule has 3 N–H and O–H groups in total. The summed E-state index contributed by atoms with van der Waals surface area (Å²) < 4.78 is 4.82. The third-order valence-corrected chi connectivity index (χ3v) is 1.29. The van der Waals surface area contributed by atoms with Crippen LogP contribution in [0.4, 0.5) is 0 Å². The summed E-state index contributed by atoms with van der Waals surface area (Å²) >= 11 is 0. The van der Waals surface area contributed by atoms with Gasteiger partial charge in [-0.25, -0.2) is 0 Å². The smallest absolute Gasteiger partial charge is 0.155 e. The maximum absolute atomic E-state index is 8.70. The van der Waals surface area contributed by atoms with Gasteiger partial charge in [0.15, 0.2) is 6.29 Å². The van der Waals surface area contributed by atoms with Crippen molar-refractivity contribution < 1.29 is 20.1 Å². The lowest BCUT2D eigenvalue weighted by Crippen LogP contribution is -2.13. The quantitative estimate of drug-likeness (QED) is 0.452. The van der Waals surface area contributed by atoms with Gasteiger partial charge in [0.05, 0.1) is 12.7 Å². The molecule has 1 heterocycles. The van der Waals surface area contributed by atoms with Crippen LogP contribution in [0.15, 0.2) is 0 Å². The SMILES string of the molecule is CO.OCC1CCC(O)O1. The average molecular weight is 150 g/mol. The highest BCUT2D eigenvalue weighted by atomic mass is 16.6. The predicted molar refractivity (Wildman–Crippen MR) is 35.3 cm³/mol. The second-order valence-electron chi connectivity index (χ2n) is 1.97. The molecule has 0 aromatic rings. The molecule has 1 aliphatic heterocycles. The average Bonchev–Trinajstić information content (AvgIpc) is 2.40. The molecule has 1 aliphatic rings. The lowest BCUT2D eigenvalue weighted by Gasteiger charge is -2.04. The minimum Gasteiger partial charge on any atom is -0.400 e. The van der Waals surface area contributed by atoms with Crippen LogP contribution in [0.25, 0.3) is 0 Å². The minimum atomic E-state index is -0.632. The minimum absolute atomic E-state index is 0.0249. The number of ether oxygens (including phenoxy) is 1. The zero-order valence-corrected chi connectivity index (χ0v) is 6.03. The van der Waals surface area contributed by atoms with Crippen molar-refractivity contribution in [3.05, 3.63) is 0 Å². The van der Waals surface area contributed by atoms with E-state index in [1.54, 1.807) is 0 Å². The highest BCUT2D eigenvalue weighted by molar-refractivity contribution is 4.64. The maximum Gasteiger partial charge on any atom is 0.155 e. The molecule has 0 bridgehead atoms. The van der Waals surface area contributed by atoms with Crippen LogP contribution in [0.1, 0.15) is 12.8 Å². The summed E-state index contributed by atoms with van der Waals surface area (Å²) in [6.45, 7) is 0.0249. The van der Waals surface area contributed by atoms with E-state index in [4.69, 9.17) is 20.1 Å². The molecule has 4 nitrogen and oxygen atoms in total. The number of rotatable bonds is 1.